The van der Waals surface area contributed by atoms with Crippen molar-refractivity contribution in [1.29, 1.82) is 0 Å². The van der Waals surface area contributed by atoms with Crippen LogP contribution in [0.5, 0.6) is 0 Å². The average Bonchev–Trinajstić information content (AvgIpc) is 2.39. The third-order valence-electron chi connectivity index (χ3n) is 3.72. The molecular weight excluding hydrogens is 300 g/mol. The predicted octanol–water partition coefficient (Wildman–Crippen LogP) is 0.874. The maximum atomic E-state index is 11.5. The van der Waals surface area contributed by atoms with Crippen molar-refractivity contribution in [2.24, 2.45) is 11.8 Å². The molecule has 0 aromatic rings. The summed E-state index contributed by atoms with van der Waals surface area (Å²) in [7, 11) is -0.922. The summed E-state index contributed by atoms with van der Waals surface area (Å²) in [5, 5.41) is 0. The van der Waals surface area contributed by atoms with Gasteiger partial charge in [-0.05, 0) is 31.1 Å². The van der Waals surface area contributed by atoms with E-state index in [0.717, 1.165) is 6.26 Å². The van der Waals surface area contributed by atoms with E-state index >= 15 is 0 Å². The van der Waals surface area contributed by atoms with E-state index in [2.05, 4.69) is 9.47 Å². The molecule has 0 bridgehead atoms. The number of carbonyl (C=O) groups excluding carboxylic acids is 2. The molecule has 0 heterocycles. The highest BCUT2D eigenvalue weighted by Gasteiger charge is 2.35. The van der Waals surface area contributed by atoms with Gasteiger partial charge < -0.3 is 9.47 Å². The maximum Gasteiger partial charge on any atom is 0.305 e. The minimum Gasteiger partial charge on any atom is -0.469 e. The Bertz CT molecular complexity index is 471. The molecule has 8 heteroatoms. The fourth-order valence-corrected chi connectivity index (χ4v) is 3.40. The van der Waals surface area contributed by atoms with E-state index in [4.69, 9.17) is 4.18 Å². The lowest BCUT2D eigenvalue weighted by Crippen LogP contribution is -2.33. The van der Waals surface area contributed by atoms with Crippen LogP contribution in [0.2, 0.25) is 0 Å². The number of esters is 2. The van der Waals surface area contributed by atoms with Crippen molar-refractivity contribution in [3.63, 3.8) is 0 Å². The molecule has 0 aromatic carbocycles. The molecule has 1 aliphatic carbocycles. The average molecular weight is 322 g/mol. The van der Waals surface area contributed by atoms with Gasteiger partial charge in [-0.15, -0.1) is 0 Å². The van der Waals surface area contributed by atoms with Gasteiger partial charge in [-0.2, -0.15) is 8.42 Å². The van der Waals surface area contributed by atoms with Gasteiger partial charge in [0.15, 0.2) is 0 Å². The van der Waals surface area contributed by atoms with Gasteiger partial charge in [-0.1, -0.05) is 0 Å². The Labute approximate surface area is 125 Å². The summed E-state index contributed by atoms with van der Waals surface area (Å²) >= 11 is 0. The van der Waals surface area contributed by atoms with E-state index in [9.17, 15) is 18.0 Å². The molecule has 1 rings (SSSR count). The van der Waals surface area contributed by atoms with Crippen molar-refractivity contribution >= 4 is 22.1 Å². The minimum absolute atomic E-state index is 0.0315. The van der Waals surface area contributed by atoms with Crippen molar-refractivity contribution < 1.29 is 31.7 Å². The molecule has 3 atom stereocenters. The van der Waals surface area contributed by atoms with Crippen molar-refractivity contribution in [2.45, 2.75) is 38.2 Å². The molecule has 0 aliphatic heterocycles. The van der Waals surface area contributed by atoms with Crippen LogP contribution in [0.25, 0.3) is 0 Å². The van der Waals surface area contributed by atoms with Gasteiger partial charge in [0.25, 0.3) is 10.1 Å². The second-order valence-electron chi connectivity index (χ2n) is 5.32. The molecule has 0 unspecified atom stereocenters. The molecule has 0 spiro atoms. The van der Waals surface area contributed by atoms with Gasteiger partial charge >= 0.3 is 11.9 Å². The van der Waals surface area contributed by atoms with Crippen LogP contribution in [0.4, 0.5) is 0 Å². The maximum absolute atomic E-state index is 11.5. The Kier molecular flexibility index (Phi) is 6.60. The molecule has 7 nitrogen and oxygen atoms in total. The first-order chi connectivity index (χ1) is 9.75. The summed E-state index contributed by atoms with van der Waals surface area (Å²) in [6.07, 6.45) is 2.45. The lowest BCUT2D eigenvalue weighted by molar-refractivity contribution is -0.146. The van der Waals surface area contributed by atoms with Crippen molar-refractivity contribution in [1.82, 2.24) is 0 Å². The van der Waals surface area contributed by atoms with Crippen LogP contribution in [0.1, 0.15) is 32.1 Å². The predicted molar refractivity (Wildman–Crippen MR) is 73.8 cm³/mol. The molecule has 0 saturated heterocycles. The van der Waals surface area contributed by atoms with Crippen LogP contribution >= 0.6 is 0 Å². The van der Waals surface area contributed by atoms with Crippen molar-refractivity contribution in [2.75, 3.05) is 20.5 Å². The molecule has 0 N–H and O–H groups in total. The largest absolute Gasteiger partial charge is 0.469 e. The van der Waals surface area contributed by atoms with E-state index in [-0.39, 0.29) is 36.6 Å². The molecule has 0 aromatic heterocycles. The number of carbonyl (C=O) groups is 2. The summed E-state index contributed by atoms with van der Waals surface area (Å²) in [4.78, 5) is 22.9. The second kappa shape index (κ2) is 7.74. The molecule has 0 radical (unpaired) electrons. The number of hydrogen-bond acceptors (Lipinski definition) is 7. The Morgan fingerprint density at radius 1 is 1.00 bits per heavy atom. The second-order valence-corrected chi connectivity index (χ2v) is 6.92. The van der Waals surface area contributed by atoms with Gasteiger partial charge in [0.2, 0.25) is 0 Å². The zero-order valence-corrected chi connectivity index (χ0v) is 13.4. The van der Waals surface area contributed by atoms with Gasteiger partial charge in [-0.3, -0.25) is 13.8 Å². The van der Waals surface area contributed by atoms with E-state index in [1.54, 1.807) is 0 Å². The highest BCUT2D eigenvalue weighted by Crippen LogP contribution is 2.36. The van der Waals surface area contributed by atoms with Gasteiger partial charge in [0, 0.05) is 12.8 Å². The number of hydrogen-bond donors (Lipinski definition) is 0. The van der Waals surface area contributed by atoms with Gasteiger partial charge in [0.05, 0.1) is 26.6 Å². The van der Waals surface area contributed by atoms with Crippen molar-refractivity contribution in [3.05, 3.63) is 0 Å². The van der Waals surface area contributed by atoms with Crippen LogP contribution in [-0.4, -0.2) is 46.9 Å². The van der Waals surface area contributed by atoms with Crippen LogP contribution in [0.15, 0.2) is 0 Å². The Morgan fingerprint density at radius 2 is 1.52 bits per heavy atom. The Balaban J connectivity index is 2.73. The zero-order chi connectivity index (χ0) is 16.0. The lowest BCUT2D eigenvalue weighted by atomic mass is 9.74. The van der Waals surface area contributed by atoms with E-state index in [1.807, 2.05) is 0 Å². The first kappa shape index (κ1) is 17.9. The SMILES string of the molecule is COC(=O)C[C@@H]1CC[C@H](OS(C)(=O)=O)C[C@@H]1CC(=O)OC. The first-order valence-corrected chi connectivity index (χ1v) is 8.58. The van der Waals surface area contributed by atoms with E-state index in [1.165, 1.54) is 14.2 Å². The van der Waals surface area contributed by atoms with Crippen LogP contribution in [-0.2, 0) is 33.4 Å². The topological polar surface area (TPSA) is 96.0 Å². The molecule has 1 saturated carbocycles. The summed E-state index contributed by atoms with van der Waals surface area (Å²) in [5.41, 5.74) is 0. The first-order valence-electron chi connectivity index (χ1n) is 6.77. The summed E-state index contributed by atoms with van der Waals surface area (Å²) < 4.78 is 36.7. The van der Waals surface area contributed by atoms with Crippen LogP contribution < -0.4 is 0 Å². The molecule has 1 aliphatic rings. The monoisotopic (exact) mass is 322 g/mol. The highest BCUT2D eigenvalue weighted by molar-refractivity contribution is 7.86. The van der Waals surface area contributed by atoms with Crippen LogP contribution in [0.3, 0.4) is 0 Å². The summed E-state index contributed by atoms with van der Waals surface area (Å²) in [6.45, 7) is 0. The van der Waals surface area contributed by atoms with E-state index in [0.29, 0.717) is 19.3 Å². The van der Waals surface area contributed by atoms with E-state index < -0.39 is 16.2 Å². The lowest BCUT2D eigenvalue weighted by Gasteiger charge is -2.34. The smallest absolute Gasteiger partial charge is 0.305 e. The van der Waals surface area contributed by atoms with Crippen molar-refractivity contribution in [3.8, 4) is 0 Å². The van der Waals surface area contributed by atoms with Gasteiger partial charge in [-0.25, -0.2) is 0 Å². The van der Waals surface area contributed by atoms with Crippen LogP contribution in [0, 0.1) is 11.8 Å². The third kappa shape index (κ3) is 6.43. The molecule has 21 heavy (non-hydrogen) atoms. The molecular formula is C13H22O7S. The van der Waals surface area contributed by atoms with Gasteiger partial charge in [0.1, 0.15) is 0 Å². The summed E-state index contributed by atoms with van der Waals surface area (Å²) in [6, 6.07) is 0. The Hall–Kier alpha value is -1.15. The normalized spacial score (nSPS) is 26.1. The number of methoxy groups -OCH3 is 2. The number of rotatable bonds is 6. The molecule has 122 valence electrons. The fourth-order valence-electron chi connectivity index (χ4n) is 2.73. The number of ether oxygens (including phenoxy) is 2. The molecule has 1 fully saturated rings. The highest BCUT2D eigenvalue weighted by atomic mass is 32.2. The summed E-state index contributed by atoms with van der Waals surface area (Å²) in [5.74, 6) is -0.903. The quantitative estimate of drug-likeness (QED) is 0.529. The third-order valence-corrected chi connectivity index (χ3v) is 4.34. The minimum atomic E-state index is -3.53. The zero-order valence-electron chi connectivity index (χ0n) is 12.5. The molecule has 0 amide bonds. The Morgan fingerprint density at radius 3 is 2.00 bits per heavy atom. The fraction of sp³-hybridized carbons (Fsp3) is 0.846. The standard InChI is InChI=1S/C13H22O7S/c1-18-12(14)7-9-4-5-11(20-21(3,16)17)6-10(9)8-13(15)19-2/h9-11H,4-8H2,1-3H3/t9-,10+,11-/m0/s1.